The van der Waals surface area contributed by atoms with Crippen molar-refractivity contribution in [2.45, 2.75) is 26.7 Å². The van der Waals surface area contributed by atoms with E-state index in [4.69, 9.17) is 13.7 Å². The first-order valence-electron chi connectivity index (χ1n) is 7.37. The molecule has 0 fully saturated rings. The number of esters is 1. The molecule has 0 unspecified atom stereocenters. The largest absolute Gasteiger partial charge is 0.493 e. The van der Waals surface area contributed by atoms with Crippen molar-refractivity contribution in [1.82, 2.24) is 0 Å². The van der Waals surface area contributed by atoms with Gasteiger partial charge in [0.1, 0.15) is 0 Å². The van der Waals surface area contributed by atoms with Crippen LogP contribution in [0.4, 0.5) is 0 Å². The van der Waals surface area contributed by atoms with Crippen molar-refractivity contribution >= 4 is 22.2 Å². The van der Waals surface area contributed by atoms with Crippen LogP contribution in [0.2, 0.25) is 0 Å². The van der Waals surface area contributed by atoms with Crippen molar-refractivity contribution in [1.29, 1.82) is 0 Å². The summed E-state index contributed by atoms with van der Waals surface area (Å²) in [5.41, 5.74) is 0.660. The molecule has 0 atom stereocenters. The molecule has 1 aromatic rings. The highest BCUT2D eigenvalue weighted by Gasteiger charge is 2.15. The molecule has 0 saturated carbocycles. The summed E-state index contributed by atoms with van der Waals surface area (Å²) in [6, 6.07) is 4.70. The highest BCUT2D eigenvalue weighted by Crippen LogP contribution is 2.30. The molecular formula is C16H22O6S. The predicted molar refractivity (Wildman–Crippen MR) is 88.0 cm³/mol. The Morgan fingerprint density at radius 3 is 2.57 bits per heavy atom. The molecule has 0 aliphatic carbocycles. The van der Waals surface area contributed by atoms with Gasteiger partial charge in [0, 0.05) is 6.08 Å². The fourth-order valence-electron chi connectivity index (χ4n) is 1.71. The Labute approximate surface area is 137 Å². The maximum atomic E-state index is 11.8. The molecule has 23 heavy (non-hydrogen) atoms. The summed E-state index contributed by atoms with van der Waals surface area (Å²) >= 11 is 0. The molecule has 0 heterocycles. The summed E-state index contributed by atoms with van der Waals surface area (Å²) in [7, 11) is -2.23. The van der Waals surface area contributed by atoms with Crippen LogP contribution in [0, 0.1) is 0 Å². The van der Waals surface area contributed by atoms with Crippen molar-refractivity contribution in [2.24, 2.45) is 0 Å². The van der Waals surface area contributed by atoms with E-state index in [-0.39, 0.29) is 17.3 Å². The van der Waals surface area contributed by atoms with Crippen LogP contribution in [0.3, 0.4) is 0 Å². The minimum atomic E-state index is -3.65. The fourth-order valence-corrected chi connectivity index (χ4v) is 2.85. The predicted octanol–water partition coefficient (Wildman–Crippen LogP) is 2.78. The number of hydrogen-bond donors (Lipinski definition) is 0. The minimum Gasteiger partial charge on any atom is -0.493 e. The van der Waals surface area contributed by atoms with Crippen molar-refractivity contribution in [3.8, 4) is 11.5 Å². The second kappa shape index (κ2) is 9.19. The summed E-state index contributed by atoms with van der Waals surface area (Å²) in [4.78, 5) is 11.3. The van der Waals surface area contributed by atoms with Gasteiger partial charge in [-0.2, -0.15) is 8.42 Å². The van der Waals surface area contributed by atoms with E-state index in [1.165, 1.54) is 19.3 Å². The van der Waals surface area contributed by atoms with E-state index in [1.807, 2.05) is 6.92 Å². The normalized spacial score (nSPS) is 11.4. The molecular weight excluding hydrogens is 320 g/mol. The van der Waals surface area contributed by atoms with Gasteiger partial charge < -0.3 is 13.7 Å². The molecule has 0 N–H and O–H groups in total. The van der Waals surface area contributed by atoms with Gasteiger partial charge in [0.2, 0.25) is 0 Å². The molecule has 0 saturated heterocycles. The van der Waals surface area contributed by atoms with E-state index in [9.17, 15) is 13.2 Å². The molecule has 6 nitrogen and oxygen atoms in total. The molecule has 1 rings (SSSR count). The molecule has 0 aliphatic heterocycles. The molecule has 0 spiro atoms. The molecule has 0 aromatic heterocycles. The quantitative estimate of drug-likeness (QED) is 0.390. The lowest BCUT2D eigenvalue weighted by molar-refractivity contribution is -0.137. The van der Waals surface area contributed by atoms with Crippen LogP contribution in [-0.4, -0.2) is 33.9 Å². The average Bonchev–Trinajstić information content (AvgIpc) is 2.52. The Balaban J connectivity index is 2.90. The summed E-state index contributed by atoms with van der Waals surface area (Å²) in [5.74, 6) is -0.0983. The van der Waals surface area contributed by atoms with E-state index < -0.39 is 16.1 Å². The lowest BCUT2D eigenvalue weighted by Gasteiger charge is -2.11. The van der Waals surface area contributed by atoms with E-state index in [0.29, 0.717) is 18.6 Å². The van der Waals surface area contributed by atoms with Crippen LogP contribution in [-0.2, 0) is 19.6 Å². The number of benzene rings is 1. The molecule has 0 aliphatic rings. The summed E-state index contributed by atoms with van der Waals surface area (Å²) in [5, 5.41) is 0. The Morgan fingerprint density at radius 1 is 1.22 bits per heavy atom. The highest BCUT2D eigenvalue weighted by atomic mass is 32.2. The zero-order chi connectivity index (χ0) is 17.3. The monoisotopic (exact) mass is 342 g/mol. The highest BCUT2D eigenvalue weighted by molar-refractivity contribution is 7.87. The van der Waals surface area contributed by atoms with Gasteiger partial charge in [-0.25, -0.2) is 4.79 Å². The molecule has 0 radical (unpaired) electrons. The fraction of sp³-hybridized carbons (Fsp3) is 0.438. The third-order valence-electron chi connectivity index (χ3n) is 2.85. The smallest absolute Gasteiger partial charge is 0.330 e. The molecule has 0 bridgehead atoms. The minimum absolute atomic E-state index is 0.0445. The summed E-state index contributed by atoms with van der Waals surface area (Å²) in [6.45, 7) is 3.93. The Bertz CT molecular complexity index is 649. The molecule has 1 aromatic carbocycles. The van der Waals surface area contributed by atoms with Crippen molar-refractivity contribution in [2.75, 3.05) is 19.5 Å². The number of carbonyl (C=O) groups excluding carboxylic acids is 1. The number of carbonyl (C=O) groups is 1. The molecule has 128 valence electrons. The second-order valence-electron chi connectivity index (χ2n) is 4.69. The number of ether oxygens (including phenoxy) is 2. The van der Waals surface area contributed by atoms with Crippen LogP contribution < -0.4 is 8.92 Å². The first-order chi connectivity index (χ1) is 10.9. The molecule has 7 heteroatoms. The van der Waals surface area contributed by atoms with Gasteiger partial charge in [-0.05, 0) is 37.1 Å². The van der Waals surface area contributed by atoms with Gasteiger partial charge in [0.25, 0.3) is 0 Å². The van der Waals surface area contributed by atoms with Crippen LogP contribution in [0.1, 0.15) is 32.3 Å². The second-order valence-corrected chi connectivity index (χ2v) is 6.38. The van der Waals surface area contributed by atoms with Gasteiger partial charge in [0.15, 0.2) is 11.5 Å². The third kappa shape index (κ3) is 6.73. The summed E-state index contributed by atoms with van der Waals surface area (Å²) < 4.78 is 38.7. The zero-order valence-corrected chi connectivity index (χ0v) is 14.4. The number of rotatable bonds is 9. The third-order valence-corrected chi connectivity index (χ3v) is 4.07. The van der Waals surface area contributed by atoms with Gasteiger partial charge in [0.05, 0.1) is 19.5 Å². The first-order valence-corrected chi connectivity index (χ1v) is 8.94. The Kier molecular flexibility index (Phi) is 7.61. The van der Waals surface area contributed by atoms with E-state index in [1.54, 1.807) is 25.1 Å². The van der Waals surface area contributed by atoms with E-state index in [0.717, 1.165) is 6.42 Å². The van der Waals surface area contributed by atoms with Crippen LogP contribution in [0.25, 0.3) is 6.08 Å². The van der Waals surface area contributed by atoms with Gasteiger partial charge in [-0.15, -0.1) is 0 Å². The topological polar surface area (TPSA) is 78.9 Å². The van der Waals surface area contributed by atoms with Crippen LogP contribution in [0.5, 0.6) is 11.5 Å². The standard InChI is InChI=1S/C16H22O6S/c1-4-6-11-23(18,19)22-14-9-7-13(12-15(14)20-3)8-10-16(17)21-5-2/h7-10,12H,4-6,11H2,1-3H3. The Morgan fingerprint density at radius 2 is 1.96 bits per heavy atom. The van der Waals surface area contributed by atoms with Crippen molar-refractivity contribution in [3.63, 3.8) is 0 Å². The van der Waals surface area contributed by atoms with Gasteiger partial charge in [-0.3, -0.25) is 0 Å². The van der Waals surface area contributed by atoms with Crippen molar-refractivity contribution in [3.05, 3.63) is 29.8 Å². The lowest BCUT2D eigenvalue weighted by Crippen LogP contribution is -2.14. The first kappa shape index (κ1) is 19.0. The van der Waals surface area contributed by atoms with E-state index >= 15 is 0 Å². The van der Waals surface area contributed by atoms with Crippen LogP contribution in [0.15, 0.2) is 24.3 Å². The number of hydrogen-bond acceptors (Lipinski definition) is 6. The maximum absolute atomic E-state index is 11.8. The van der Waals surface area contributed by atoms with Gasteiger partial charge >= 0.3 is 16.1 Å². The van der Waals surface area contributed by atoms with E-state index in [2.05, 4.69) is 0 Å². The maximum Gasteiger partial charge on any atom is 0.330 e. The lowest BCUT2D eigenvalue weighted by atomic mass is 10.2. The number of methoxy groups -OCH3 is 1. The zero-order valence-electron chi connectivity index (χ0n) is 13.6. The Hall–Kier alpha value is -2.02. The van der Waals surface area contributed by atoms with Crippen molar-refractivity contribution < 1.29 is 26.9 Å². The summed E-state index contributed by atoms with van der Waals surface area (Å²) in [6.07, 6.45) is 4.13. The van der Waals surface area contributed by atoms with Gasteiger partial charge in [-0.1, -0.05) is 19.4 Å². The number of unbranched alkanes of at least 4 members (excludes halogenated alkanes) is 1. The molecule has 0 amide bonds. The SMILES string of the molecule is CCCCS(=O)(=O)Oc1ccc(C=CC(=O)OCC)cc1OC. The van der Waals surface area contributed by atoms with Crippen LogP contribution >= 0.6 is 0 Å². The average molecular weight is 342 g/mol.